The number of hydrogen-bond donors (Lipinski definition) is 0. The Balaban J connectivity index is 2.33. The van der Waals surface area contributed by atoms with Crippen LogP contribution in [0.15, 0.2) is 47.3 Å². The molecule has 7 heteroatoms. The number of alkyl halides is 2. The van der Waals surface area contributed by atoms with Gasteiger partial charge in [0.1, 0.15) is 11.8 Å². The minimum absolute atomic E-state index is 0.0405. The predicted octanol–water partition coefficient (Wildman–Crippen LogP) is 3.85. The molecule has 25 heavy (non-hydrogen) atoms. The number of aromatic nitrogens is 2. The van der Waals surface area contributed by atoms with E-state index in [0.717, 1.165) is 0 Å². The molecular formula is C18H15F2N3O2. The second kappa shape index (κ2) is 6.40. The van der Waals surface area contributed by atoms with Crippen LogP contribution in [0.1, 0.15) is 25.5 Å². The van der Waals surface area contributed by atoms with Crippen molar-refractivity contribution in [3.63, 3.8) is 0 Å². The Morgan fingerprint density at radius 3 is 2.52 bits per heavy atom. The Hall–Kier alpha value is -3.14. The SMILES string of the molecule is CC(C)n1c(=O)n(-c2cccc(OC(F)F)c2)c2cccc(C#N)c21. The van der Waals surface area contributed by atoms with E-state index in [1.54, 1.807) is 24.3 Å². The number of halogens is 2. The van der Waals surface area contributed by atoms with Gasteiger partial charge in [0, 0.05) is 12.1 Å². The lowest BCUT2D eigenvalue weighted by Gasteiger charge is -2.08. The van der Waals surface area contributed by atoms with Crippen molar-refractivity contribution in [1.82, 2.24) is 9.13 Å². The van der Waals surface area contributed by atoms with E-state index in [-0.39, 0.29) is 17.5 Å². The summed E-state index contributed by atoms with van der Waals surface area (Å²) in [7, 11) is 0. The summed E-state index contributed by atoms with van der Waals surface area (Å²) in [6, 6.07) is 12.9. The van der Waals surface area contributed by atoms with Gasteiger partial charge in [-0.1, -0.05) is 12.1 Å². The third-order valence-corrected chi connectivity index (χ3v) is 3.83. The summed E-state index contributed by atoms with van der Waals surface area (Å²) in [5.41, 5.74) is 1.48. The van der Waals surface area contributed by atoms with Crippen molar-refractivity contribution in [2.45, 2.75) is 26.5 Å². The first-order chi connectivity index (χ1) is 11.9. The van der Waals surface area contributed by atoms with Crippen LogP contribution >= 0.6 is 0 Å². The van der Waals surface area contributed by atoms with Crippen LogP contribution in [-0.2, 0) is 0 Å². The molecule has 5 nitrogen and oxygen atoms in total. The van der Waals surface area contributed by atoms with Gasteiger partial charge >= 0.3 is 12.3 Å². The highest BCUT2D eigenvalue weighted by Crippen LogP contribution is 2.25. The second-order valence-electron chi connectivity index (χ2n) is 5.74. The van der Waals surface area contributed by atoms with E-state index in [0.29, 0.717) is 22.3 Å². The summed E-state index contributed by atoms with van der Waals surface area (Å²) in [5.74, 6) is -0.0405. The van der Waals surface area contributed by atoms with Crippen molar-refractivity contribution < 1.29 is 13.5 Å². The van der Waals surface area contributed by atoms with Crippen molar-refractivity contribution in [3.05, 3.63) is 58.5 Å². The van der Waals surface area contributed by atoms with Gasteiger partial charge in [-0.05, 0) is 38.1 Å². The molecule has 0 saturated carbocycles. The quantitative estimate of drug-likeness (QED) is 0.723. The average molecular weight is 343 g/mol. The van der Waals surface area contributed by atoms with Crippen molar-refractivity contribution in [1.29, 1.82) is 5.26 Å². The van der Waals surface area contributed by atoms with E-state index in [4.69, 9.17) is 0 Å². The molecule has 3 rings (SSSR count). The number of benzene rings is 2. The summed E-state index contributed by atoms with van der Waals surface area (Å²) in [4.78, 5) is 13.0. The number of fused-ring (bicyclic) bond motifs is 1. The van der Waals surface area contributed by atoms with E-state index in [2.05, 4.69) is 10.8 Å². The third kappa shape index (κ3) is 2.87. The normalized spacial score (nSPS) is 11.2. The lowest BCUT2D eigenvalue weighted by molar-refractivity contribution is -0.0498. The van der Waals surface area contributed by atoms with Crippen LogP contribution in [-0.4, -0.2) is 15.7 Å². The molecule has 0 fully saturated rings. The van der Waals surface area contributed by atoms with Crippen LogP contribution in [0.5, 0.6) is 5.75 Å². The lowest BCUT2D eigenvalue weighted by Crippen LogP contribution is -2.24. The maximum Gasteiger partial charge on any atom is 0.387 e. The Kier molecular flexibility index (Phi) is 4.28. The number of hydrogen-bond acceptors (Lipinski definition) is 3. The van der Waals surface area contributed by atoms with Crippen LogP contribution in [0.25, 0.3) is 16.7 Å². The van der Waals surface area contributed by atoms with Crippen LogP contribution < -0.4 is 10.4 Å². The van der Waals surface area contributed by atoms with Gasteiger partial charge in [-0.25, -0.2) is 4.79 Å². The van der Waals surface area contributed by atoms with E-state index < -0.39 is 6.61 Å². The highest BCUT2D eigenvalue weighted by atomic mass is 19.3. The molecule has 0 atom stereocenters. The molecule has 0 amide bonds. The number of nitriles is 1. The summed E-state index contributed by atoms with van der Waals surface area (Å²) >= 11 is 0. The fourth-order valence-electron chi connectivity index (χ4n) is 2.89. The monoisotopic (exact) mass is 343 g/mol. The zero-order valence-corrected chi connectivity index (χ0v) is 13.6. The van der Waals surface area contributed by atoms with Crippen LogP contribution in [0, 0.1) is 11.3 Å². The molecule has 0 spiro atoms. The first-order valence-corrected chi connectivity index (χ1v) is 7.65. The lowest BCUT2D eigenvalue weighted by atomic mass is 10.2. The number of para-hydroxylation sites is 1. The molecule has 1 aromatic heterocycles. The Morgan fingerprint density at radius 2 is 1.88 bits per heavy atom. The standard InChI is InChI=1S/C18H15F2N3O2/c1-11(2)22-16-12(10-21)5-3-8-15(16)23(18(22)24)13-6-4-7-14(9-13)25-17(19)20/h3-9,11,17H,1-2H3. The van der Waals surface area contributed by atoms with Gasteiger partial charge in [0.15, 0.2) is 0 Å². The number of ether oxygens (including phenoxy) is 1. The fraction of sp³-hybridized carbons (Fsp3) is 0.222. The maximum absolute atomic E-state index is 13.0. The van der Waals surface area contributed by atoms with Gasteiger partial charge < -0.3 is 4.74 Å². The summed E-state index contributed by atoms with van der Waals surface area (Å²) < 4.78 is 32.3. The van der Waals surface area contributed by atoms with E-state index in [9.17, 15) is 18.8 Å². The third-order valence-electron chi connectivity index (χ3n) is 3.83. The molecule has 0 aliphatic rings. The topological polar surface area (TPSA) is 59.9 Å². The van der Waals surface area contributed by atoms with Crippen LogP contribution in [0.4, 0.5) is 8.78 Å². The second-order valence-corrected chi connectivity index (χ2v) is 5.74. The van der Waals surface area contributed by atoms with E-state index in [1.807, 2.05) is 13.8 Å². The van der Waals surface area contributed by atoms with Gasteiger partial charge in [-0.15, -0.1) is 0 Å². The number of imidazole rings is 1. The first-order valence-electron chi connectivity index (χ1n) is 7.65. The Bertz CT molecular complexity index is 1030. The Labute approximate surface area is 142 Å². The summed E-state index contributed by atoms with van der Waals surface area (Å²) in [5, 5.41) is 9.38. The van der Waals surface area contributed by atoms with Gasteiger partial charge in [0.25, 0.3) is 0 Å². The molecule has 0 N–H and O–H groups in total. The number of rotatable bonds is 4. The van der Waals surface area contributed by atoms with Gasteiger partial charge in [-0.2, -0.15) is 14.0 Å². The summed E-state index contributed by atoms with van der Waals surface area (Å²) in [6.07, 6.45) is 0. The van der Waals surface area contributed by atoms with Crippen LogP contribution in [0.2, 0.25) is 0 Å². The molecule has 0 unspecified atom stereocenters. The molecule has 0 aliphatic carbocycles. The first kappa shape index (κ1) is 16.7. The fourth-order valence-corrected chi connectivity index (χ4v) is 2.89. The average Bonchev–Trinajstić information content (AvgIpc) is 2.86. The molecule has 128 valence electrons. The highest BCUT2D eigenvalue weighted by Gasteiger charge is 2.19. The largest absolute Gasteiger partial charge is 0.435 e. The molecule has 0 aliphatic heterocycles. The zero-order valence-electron chi connectivity index (χ0n) is 13.6. The van der Waals surface area contributed by atoms with Gasteiger partial charge in [0.2, 0.25) is 0 Å². The maximum atomic E-state index is 13.0. The van der Waals surface area contributed by atoms with Gasteiger partial charge in [-0.3, -0.25) is 9.13 Å². The van der Waals surface area contributed by atoms with Crippen molar-refractivity contribution in [2.75, 3.05) is 0 Å². The minimum Gasteiger partial charge on any atom is -0.435 e. The van der Waals surface area contributed by atoms with Crippen molar-refractivity contribution >= 4 is 11.0 Å². The molecule has 3 aromatic rings. The predicted molar refractivity (Wildman–Crippen MR) is 89.3 cm³/mol. The molecular weight excluding hydrogens is 328 g/mol. The van der Waals surface area contributed by atoms with E-state index in [1.165, 1.54) is 27.3 Å². The molecule has 0 radical (unpaired) electrons. The van der Waals surface area contributed by atoms with Crippen molar-refractivity contribution in [2.24, 2.45) is 0 Å². The van der Waals surface area contributed by atoms with Gasteiger partial charge in [0.05, 0.1) is 22.3 Å². The smallest absolute Gasteiger partial charge is 0.387 e. The number of nitrogens with zero attached hydrogens (tertiary/aromatic N) is 3. The molecule has 2 aromatic carbocycles. The van der Waals surface area contributed by atoms with Crippen LogP contribution in [0.3, 0.4) is 0 Å². The van der Waals surface area contributed by atoms with Crippen molar-refractivity contribution in [3.8, 4) is 17.5 Å². The zero-order chi connectivity index (χ0) is 18.1. The molecule has 1 heterocycles. The Morgan fingerprint density at radius 1 is 1.16 bits per heavy atom. The minimum atomic E-state index is -2.95. The summed E-state index contributed by atoms with van der Waals surface area (Å²) in [6.45, 7) is 0.736. The van der Waals surface area contributed by atoms with E-state index >= 15 is 0 Å². The highest BCUT2D eigenvalue weighted by molar-refractivity contribution is 5.84. The molecule has 0 saturated heterocycles. The molecule has 0 bridgehead atoms.